The molecule has 11 nitrogen and oxygen atoms in total. The van der Waals surface area contributed by atoms with Crippen LogP contribution in [-0.2, 0) is 9.47 Å². The minimum atomic E-state index is -1.13. The van der Waals surface area contributed by atoms with Crippen molar-refractivity contribution < 1.29 is 19.7 Å². The fraction of sp³-hybridized carbons (Fsp3) is 0.500. The lowest BCUT2D eigenvalue weighted by molar-refractivity contribution is -0.0289. The van der Waals surface area contributed by atoms with Crippen LogP contribution >= 0.6 is 11.8 Å². The Morgan fingerprint density at radius 2 is 2.00 bits per heavy atom. The number of aliphatic hydroxyl groups excluding tert-OH is 2. The number of nitrogens with zero attached hydrogens (tertiary/aromatic N) is 6. The summed E-state index contributed by atoms with van der Waals surface area (Å²) < 4.78 is 13.0. The number of fused-ring (bicyclic) bond motifs is 1. The second-order valence-electron chi connectivity index (χ2n) is 7.14. The zero-order valence-electron chi connectivity index (χ0n) is 15.9. The first-order chi connectivity index (χ1) is 14.7. The molecule has 2 unspecified atom stereocenters. The van der Waals surface area contributed by atoms with Crippen molar-refractivity contribution in [2.24, 2.45) is 0 Å². The highest BCUT2D eigenvalue weighted by atomic mass is 32.2. The third-order valence-corrected chi connectivity index (χ3v) is 6.12. The molecule has 158 valence electrons. The molecule has 5 atom stereocenters. The van der Waals surface area contributed by atoms with Crippen molar-refractivity contribution in [2.75, 3.05) is 24.3 Å². The average Bonchev–Trinajstić information content (AvgIpc) is 3.49. The molecule has 0 radical (unpaired) electrons. The molecule has 3 aromatic heterocycles. The molecule has 0 saturated carbocycles. The van der Waals surface area contributed by atoms with Crippen LogP contribution in [0.3, 0.4) is 0 Å². The predicted octanol–water partition coefficient (Wildman–Crippen LogP) is 0.229. The van der Waals surface area contributed by atoms with Gasteiger partial charge in [-0.05, 0) is 12.5 Å². The monoisotopic (exact) mass is 431 g/mol. The van der Waals surface area contributed by atoms with Gasteiger partial charge in [0, 0.05) is 24.8 Å². The van der Waals surface area contributed by atoms with Crippen LogP contribution in [0.1, 0.15) is 12.6 Å². The van der Waals surface area contributed by atoms with E-state index in [0.29, 0.717) is 41.1 Å². The molecule has 3 N–H and O–H groups in total. The minimum absolute atomic E-state index is 0.171. The molecule has 0 bridgehead atoms. The third-order valence-electron chi connectivity index (χ3n) is 5.16. The third kappa shape index (κ3) is 3.72. The van der Waals surface area contributed by atoms with Gasteiger partial charge in [0.05, 0.1) is 25.1 Å². The summed E-state index contributed by atoms with van der Waals surface area (Å²) in [5, 5.41) is 25.0. The molecule has 0 aliphatic carbocycles. The first-order valence-corrected chi connectivity index (χ1v) is 10.6. The van der Waals surface area contributed by atoms with Gasteiger partial charge in [-0.15, -0.1) is 0 Å². The average molecular weight is 431 g/mol. The van der Waals surface area contributed by atoms with Crippen LogP contribution in [0.4, 0.5) is 5.82 Å². The van der Waals surface area contributed by atoms with Gasteiger partial charge < -0.3 is 25.0 Å². The summed E-state index contributed by atoms with van der Waals surface area (Å²) >= 11 is 1.36. The van der Waals surface area contributed by atoms with Gasteiger partial charge in [-0.2, -0.15) is 0 Å². The van der Waals surface area contributed by atoms with Crippen molar-refractivity contribution in [2.45, 2.75) is 42.2 Å². The minimum Gasteiger partial charge on any atom is -0.387 e. The van der Waals surface area contributed by atoms with Gasteiger partial charge in [-0.1, -0.05) is 11.8 Å². The van der Waals surface area contributed by atoms with E-state index in [2.05, 4.69) is 30.2 Å². The van der Waals surface area contributed by atoms with Gasteiger partial charge >= 0.3 is 0 Å². The van der Waals surface area contributed by atoms with Gasteiger partial charge in [-0.3, -0.25) is 4.57 Å². The number of hydrogen-bond donors (Lipinski definition) is 3. The standard InChI is InChI=1S/C18H21N7O4S/c26-13-11(7-30-18-19-3-1-4-20-18)29-17(14(13)27)25-9-23-12-15(21-8-22-16(12)25)24-10-2-5-28-6-10/h1,3-4,8-11,13-14,17,26-27H,2,5-7H2,(H,21,22,24)/t10?,11-,13-,14-,17?/m1/s1. The highest BCUT2D eigenvalue weighted by molar-refractivity contribution is 7.99. The Kier molecular flexibility index (Phi) is 5.48. The first kappa shape index (κ1) is 19.6. The Hall–Kier alpha value is -2.38. The maximum absolute atomic E-state index is 10.6. The van der Waals surface area contributed by atoms with Crippen molar-refractivity contribution in [1.82, 2.24) is 29.5 Å². The summed E-state index contributed by atoms with van der Waals surface area (Å²) in [7, 11) is 0. The Morgan fingerprint density at radius 3 is 2.80 bits per heavy atom. The molecule has 2 saturated heterocycles. The van der Waals surface area contributed by atoms with Crippen molar-refractivity contribution in [1.29, 1.82) is 0 Å². The summed E-state index contributed by atoms with van der Waals surface area (Å²) in [4.78, 5) is 21.3. The van der Waals surface area contributed by atoms with Gasteiger partial charge in [0.2, 0.25) is 0 Å². The number of thioether (sulfide) groups is 1. The number of rotatable bonds is 6. The topological polar surface area (TPSA) is 140 Å². The second kappa shape index (κ2) is 8.40. The smallest absolute Gasteiger partial charge is 0.187 e. The normalized spacial score (nSPS) is 28.9. The number of hydrogen-bond acceptors (Lipinski definition) is 11. The largest absolute Gasteiger partial charge is 0.387 e. The molecule has 2 fully saturated rings. The molecule has 12 heteroatoms. The molecule has 2 aliphatic rings. The molecule has 0 amide bonds. The maximum atomic E-state index is 10.6. The van der Waals surface area contributed by atoms with Crippen molar-refractivity contribution in [3.63, 3.8) is 0 Å². The summed E-state index contributed by atoms with van der Waals surface area (Å²) in [5.41, 5.74) is 1.09. The van der Waals surface area contributed by atoms with Crippen LogP contribution in [-0.4, -0.2) is 83.0 Å². The summed E-state index contributed by atoms with van der Waals surface area (Å²) in [6.45, 7) is 1.33. The van der Waals surface area contributed by atoms with Gasteiger partial charge in [0.25, 0.3) is 0 Å². The van der Waals surface area contributed by atoms with E-state index in [9.17, 15) is 10.2 Å². The fourth-order valence-electron chi connectivity index (χ4n) is 3.60. The Morgan fingerprint density at radius 1 is 1.13 bits per heavy atom. The van der Waals surface area contributed by atoms with Crippen molar-refractivity contribution in [3.05, 3.63) is 31.1 Å². The molecule has 5 rings (SSSR count). The number of anilines is 1. The predicted molar refractivity (Wildman–Crippen MR) is 107 cm³/mol. The Labute approximate surface area is 175 Å². The molecule has 0 aromatic carbocycles. The van der Waals surface area contributed by atoms with Gasteiger partial charge in [-0.25, -0.2) is 24.9 Å². The zero-order chi connectivity index (χ0) is 20.5. The highest BCUT2D eigenvalue weighted by Crippen LogP contribution is 2.34. The molecule has 3 aromatic rings. The molecule has 30 heavy (non-hydrogen) atoms. The van der Waals surface area contributed by atoms with E-state index in [0.717, 1.165) is 6.42 Å². The Balaban J connectivity index is 1.34. The van der Waals surface area contributed by atoms with E-state index >= 15 is 0 Å². The number of imidazole rings is 1. The number of aliphatic hydroxyl groups is 2. The summed E-state index contributed by atoms with van der Waals surface area (Å²) in [6, 6.07) is 1.91. The quantitative estimate of drug-likeness (QED) is 0.365. The molecule has 2 aliphatic heterocycles. The lowest BCUT2D eigenvalue weighted by Gasteiger charge is -2.17. The number of nitrogens with one attached hydrogen (secondary N) is 1. The van der Waals surface area contributed by atoms with E-state index < -0.39 is 24.5 Å². The van der Waals surface area contributed by atoms with Crippen LogP contribution in [0.15, 0.2) is 36.3 Å². The summed E-state index contributed by atoms with van der Waals surface area (Å²) in [5.74, 6) is 1.00. The number of aromatic nitrogens is 6. The molecule has 0 spiro atoms. The van der Waals surface area contributed by atoms with Crippen LogP contribution < -0.4 is 5.32 Å². The zero-order valence-corrected chi connectivity index (χ0v) is 16.7. The SMILES string of the molecule is O[C@@H]1[C@@H](CSc2ncccn2)OC(n2cnc3c(NC4CCOC4)ncnc32)[C@@H]1O. The Bertz CT molecular complexity index is 1000. The van der Waals surface area contributed by atoms with Crippen LogP contribution in [0.25, 0.3) is 11.2 Å². The fourth-order valence-corrected chi connectivity index (χ4v) is 4.46. The summed E-state index contributed by atoms with van der Waals surface area (Å²) in [6.07, 6.45) is 3.60. The van der Waals surface area contributed by atoms with Crippen molar-refractivity contribution in [3.8, 4) is 0 Å². The van der Waals surface area contributed by atoms with Crippen molar-refractivity contribution >= 4 is 28.7 Å². The first-order valence-electron chi connectivity index (χ1n) is 9.64. The molecular formula is C18H21N7O4S. The van der Waals surface area contributed by atoms with E-state index in [-0.39, 0.29) is 6.04 Å². The van der Waals surface area contributed by atoms with Crippen LogP contribution in [0, 0.1) is 0 Å². The van der Waals surface area contributed by atoms with Crippen LogP contribution in [0.5, 0.6) is 0 Å². The van der Waals surface area contributed by atoms with Crippen LogP contribution in [0.2, 0.25) is 0 Å². The highest BCUT2D eigenvalue weighted by Gasteiger charge is 2.44. The molecular weight excluding hydrogens is 410 g/mol. The van der Waals surface area contributed by atoms with E-state index in [1.54, 1.807) is 29.4 Å². The van der Waals surface area contributed by atoms with Gasteiger partial charge in [0.15, 0.2) is 28.4 Å². The second-order valence-corrected chi connectivity index (χ2v) is 8.13. The van der Waals surface area contributed by atoms with E-state index in [4.69, 9.17) is 9.47 Å². The lowest BCUT2D eigenvalue weighted by Crippen LogP contribution is -2.32. The molecule has 5 heterocycles. The maximum Gasteiger partial charge on any atom is 0.187 e. The van der Waals surface area contributed by atoms with E-state index in [1.807, 2.05) is 0 Å². The van der Waals surface area contributed by atoms with E-state index in [1.165, 1.54) is 18.1 Å². The van der Waals surface area contributed by atoms with Gasteiger partial charge in [0.1, 0.15) is 18.5 Å². The lowest BCUT2D eigenvalue weighted by atomic mass is 10.1. The number of ether oxygens (including phenoxy) is 2.